The topological polar surface area (TPSA) is 117 Å². The monoisotopic (exact) mass is 502 g/mol. The molecule has 4 heterocycles. The second-order valence-electron chi connectivity index (χ2n) is 10.5. The van der Waals surface area contributed by atoms with E-state index in [-0.39, 0.29) is 12.1 Å². The Morgan fingerprint density at radius 1 is 1.16 bits per heavy atom. The summed E-state index contributed by atoms with van der Waals surface area (Å²) in [5.41, 5.74) is 10.8. The van der Waals surface area contributed by atoms with Gasteiger partial charge >= 0.3 is 6.09 Å². The van der Waals surface area contributed by atoms with E-state index < -0.39 is 5.60 Å². The number of piperidine rings is 1. The Balaban J connectivity index is 1.40. The molecule has 0 radical (unpaired) electrons. The highest BCUT2D eigenvalue weighted by Crippen LogP contribution is 2.31. The fraction of sp³-hybridized carbons (Fsp3) is 0.444. The Morgan fingerprint density at radius 3 is 2.59 bits per heavy atom. The summed E-state index contributed by atoms with van der Waals surface area (Å²) >= 11 is 0. The SMILES string of the molecule is CCn1c(-c2nc(-c3cn(C4CCN(C(=O)OC(C)(C)C)CC4)nc3C)cnc2N)nc2ccccc21. The van der Waals surface area contributed by atoms with Crippen LogP contribution in [0.3, 0.4) is 0 Å². The number of carbonyl (C=O) groups excluding carboxylic acids is 1. The molecular weight excluding hydrogens is 468 g/mol. The number of fused-ring (bicyclic) bond motifs is 1. The van der Waals surface area contributed by atoms with Gasteiger partial charge in [-0.05, 0) is 59.6 Å². The molecule has 1 saturated heterocycles. The van der Waals surface area contributed by atoms with Crippen molar-refractivity contribution < 1.29 is 9.53 Å². The second-order valence-corrected chi connectivity index (χ2v) is 10.5. The quantitative estimate of drug-likeness (QED) is 0.424. The number of nitrogens with two attached hydrogens (primary N) is 1. The molecule has 10 nitrogen and oxygen atoms in total. The highest BCUT2D eigenvalue weighted by atomic mass is 16.6. The van der Waals surface area contributed by atoms with E-state index in [1.165, 1.54) is 0 Å². The van der Waals surface area contributed by atoms with Crippen LogP contribution in [-0.4, -0.2) is 59.0 Å². The van der Waals surface area contributed by atoms with Gasteiger partial charge in [0.25, 0.3) is 0 Å². The maximum absolute atomic E-state index is 12.4. The Hall–Kier alpha value is -3.95. The van der Waals surface area contributed by atoms with Gasteiger partial charge in [0.2, 0.25) is 0 Å². The number of anilines is 1. The number of para-hydroxylation sites is 2. The van der Waals surface area contributed by atoms with Crippen molar-refractivity contribution in [3.8, 4) is 22.8 Å². The van der Waals surface area contributed by atoms with Crippen molar-refractivity contribution in [3.63, 3.8) is 0 Å². The van der Waals surface area contributed by atoms with Crippen LogP contribution in [0, 0.1) is 6.92 Å². The van der Waals surface area contributed by atoms with Gasteiger partial charge in [-0.2, -0.15) is 5.10 Å². The molecule has 3 aromatic heterocycles. The predicted molar refractivity (Wildman–Crippen MR) is 143 cm³/mol. The molecule has 1 aliphatic rings. The van der Waals surface area contributed by atoms with Crippen molar-refractivity contribution in [2.45, 2.75) is 65.6 Å². The molecule has 5 rings (SSSR count). The van der Waals surface area contributed by atoms with Crippen molar-refractivity contribution >= 4 is 22.9 Å². The number of ether oxygens (including phenoxy) is 1. The van der Waals surface area contributed by atoms with Gasteiger partial charge in [-0.25, -0.2) is 19.7 Å². The zero-order valence-electron chi connectivity index (χ0n) is 22.1. The van der Waals surface area contributed by atoms with Crippen molar-refractivity contribution in [1.82, 2.24) is 34.2 Å². The molecular formula is C27H34N8O2. The normalized spacial score (nSPS) is 14.9. The first-order valence-electron chi connectivity index (χ1n) is 12.8. The number of imidazole rings is 1. The van der Waals surface area contributed by atoms with Crippen LogP contribution in [0.4, 0.5) is 10.6 Å². The molecule has 0 spiro atoms. The average molecular weight is 503 g/mol. The van der Waals surface area contributed by atoms with Gasteiger partial charge in [-0.1, -0.05) is 12.1 Å². The van der Waals surface area contributed by atoms with E-state index in [4.69, 9.17) is 25.5 Å². The third kappa shape index (κ3) is 4.87. The van der Waals surface area contributed by atoms with E-state index in [9.17, 15) is 4.79 Å². The summed E-state index contributed by atoms with van der Waals surface area (Å²) in [5, 5.41) is 4.80. The predicted octanol–water partition coefficient (Wildman–Crippen LogP) is 4.84. The van der Waals surface area contributed by atoms with Crippen molar-refractivity contribution in [1.29, 1.82) is 0 Å². The first-order valence-corrected chi connectivity index (χ1v) is 12.8. The molecule has 1 aliphatic heterocycles. The van der Waals surface area contributed by atoms with Crippen molar-refractivity contribution in [3.05, 3.63) is 42.4 Å². The van der Waals surface area contributed by atoms with Crippen LogP contribution in [0.5, 0.6) is 0 Å². The first-order chi connectivity index (χ1) is 17.6. The standard InChI is InChI=1S/C27H34N8O2/c1-6-34-22-10-8-7-9-20(22)31-25(34)23-24(28)29-15-21(30-23)19-16-35(32-17(19)2)18-11-13-33(14-12-18)26(36)37-27(3,4)5/h7-10,15-16,18H,6,11-14H2,1-5H3,(H2,28,29). The maximum Gasteiger partial charge on any atom is 0.410 e. The molecule has 0 atom stereocenters. The fourth-order valence-electron chi connectivity index (χ4n) is 4.83. The second kappa shape index (κ2) is 9.49. The zero-order valence-corrected chi connectivity index (χ0v) is 22.1. The van der Waals surface area contributed by atoms with Crippen LogP contribution in [0.15, 0.2) is 36.7 Å². The van der Waals surface area contributed by atoms with Gasteiger partial charge in [0.05, 0.1) is 34.7 Å². The lowest BCUT2D eigenvalue weighted by Crippen LogP contribution is -2.42. The Labute approximate surface area is 216 Å². The van der Waals surface area contributed by atoms with E-state index in [1.807, 2.05) is 62.8 Å². The number of rotatable bonds is 4. The molecule has 37 heavy (non-hydrogen) atoms. The highest BCUT2D eigenvalue weighted by Gasteiger charge is 2.28. The number of amides is 1. The summed E-state index contributed by atoms with van der Waals surface area (Å²) in [6, 6.07) is 8.20. The lowest BCUT2D eigenvalue weighted by molar-refractivity contribution is 0.0184. The molecule has 1 aromatic carbocycles. The highest BCUT2D eigenvalue weighted by molar-refractivity contribution is 5.82. The molecule has 0 bridgehead atoms. The maximum atomic E-state index is 12.4. The minimum Gasteiger partial charge on any atom is -0.444 e. The Morgan fingerprint density at radius 2 is 1.89 bits per heavy atom. The van der Waals surface area contributed by atoms with Gasteiger partial charge in [-0.3, -0.25) is 4.68 Å². The molecule has 0 aliphatic carbocycles. The number of carbonyl (C=O) groups is 1. The van der Waals surface area contributed by atoms with E-state index >= 15 is 0 Å². The lowest BCUT2D eigenvalue weighted by atomic mass is 10.1. The van der Waals surface area contributed by atoms with Crippen molar-refractivity contribution in [2.24, 2.45) is 0 Å². The number of aryl methyl sites for hydroxylation is 2. The van der Waals surface area contributed by atoms with Gasteiger partial charge < -0.3 is 19.9 Å². The van der Waals surface area contributed by atoms with Gasteiger partial charge in [0.1, 0.15) is 11.3 Å². The summed E-state index contributed by atoms with van der Waals surface area (Å²) < 4.78 is 9.63. The number of likely N-dealkylation sites (tertiary alicyclic amines) is 1. The zero-order chi connectivity index (χ0) is 26.3. The number of aromatic nitrogens is 6. The Bertz CT molecular complexity index is 1440. The van der Waals surface area contributed by atoms with Crippen LogP contribution >= 0.6 is 0 Å². The summed E-state index contributed by atoms with van der Waals surface area (Å²) in [7, 11) is 0. The van der Waals surface area contributed by atoms with Crippen molar-refractivity contribution in [2.75, 3.05) is 18.8 Å². The molecule has 194 valence electrons. The van der Waals surface area contributed by atoms with Crippen LogP contribution < -0.4 is 5.73 Å². The number of nitrogens with zero attached hydrogens (tertiary/aromatic N) is 7. The number of hydrogen-bond acceptors (Lipinski definition) is 7. The fourth-order valence-corrected chi connectivity index (χ4v) is 4.83. The number of benzene rings is 1. The van der Waals surface area contributed by atoms with Crippen LogP contribution in [-0.2, 0) is 11.3 Å². The Kier molecular flexibility index (Phi) is 6.35. The first kappa shape index (κ1) is 24.7. The molecule has 0 unspecified atom stereocenters. The summed E-state index contributed by atoms with van der Waals surface area (Å²) in [6.45, 7) is 11.7. The van der Waals surface area contributed by atoms with Crippen LogP contribution in [0.25, 0.3) is 33.8 Å². The molecule has 0 saturated carbocycles. The number of hydrogen-bond donors (Lipinski definition) is 1. The van der Waals surface area contributed by atoms with E-state index in [1.54, 1.807) is 11.1 Å². The summed E-state index contributed by atoms with van der Waals surface area (Å²) in [6.07, 6.45) is 5.07. The van der Waals surface area contributed by atoms with E-state index in [0.29, 0.717) is 36.1 Å². The minimum absolute atomic E-state index is 0.191. The molecule has 4 aromatic rings. The van der Waals surface area contributed by atoms with Crippen LogP contribution in [0.1, 0.15) is 52.3 Å². The molecule has 1 amide bonds. The number of nitrogen functional groups attached to an aromatic ring is 1. The van der Waals surface area contributed by atoms with Gasteiger partial charge in [0, 0.05) is 31.4 Å². The van der Waals surface area contributed by atoms with Gasteiger partial charge in [0.15, 0.2) is 11.6 Å². The average Bonchev–Trinajstić information content (AvgIpc) is 3.44. The summed E-state index contributed by atoms with van der Waals surface area (Å²) in [5.74, 6) is 1.04. The third-order valence-corrected chi connectivity index (χ3v) is 6.67. The molecule has 10 heteroatoms. The lowest BCUT2D eigenvalue weighted by Gasteiger charge is -2.33. The minimum atomic E-state index is -0.498. The van der Waals surface area contributed by atoms with Crippen LogP contribution in [0.2, 0.25) is 0 Å². The van der Waals surface area contributed by atoms with E-state index in [2.05, 4.69) is 16.5 Å². The third-order valence-electron chi connectivity index (χ3n) is 6.67. The molecule has 2 N–H and O–H groups in total. The summed E-state index contributed by atoms with van der Waals surface area (Å²) in [4.78, 5) is 28.4. The largest absolute Gasteiger partial charge is 0.444 e. The van der Waals surface area contributed by atoms with Gasteiger partial charge in [-0.15, -0.1) is 0 Å². The van der Waals surface area contributed by atoms with E-state index in [0.717, 1.165) is 41.7 Å². The molecule has 1 fully saturated rings. The smallest absolute Gasteiger partial charge is 0.410 e.